The van der Waals surface area contributed by atoms with Crippen LogP contribution in [-0.4, -0.2) is 17.3 Å². The van der Waals surface area contributed by atoms with Crippen LogP contribution in [0.5, 0.6) is 0 Å². The molecule has 3 rings (SSSR count). The maximum absolute atomic E-state index is 12.3. The molecule has 0 saturated carbocycles. The zero-order chi connectivity index (χ0) is 14.4. The van der Waals surface area contributed by atoms with Crippen molar-refractivity contribution in [1.82, 2.24) is 0 Å². The van der Waals surface area contributed by atoms with Gasteiger partial charge in [0.05, 0.1) is 11.1 Å². The Bertz CT molecular complexity index is 775. The smallest absolute Gasteiger partial charge is 0.237 e. The third-order valence-electron chi connectivity index (χ3n) is 3.50. The fraction of sp³-hybridized carbons (Fsp3) is 0.133. The quantitative estimate of drug-likeness (QED) is 0.628. The number of hydrogen-bond donors (Lipinski definition) is 0. The molecule has 1 aliphatic carbocycles. The van der Waals surface area contributed by atoms with E-state index in [-0.39, 0.29) is 16.9 Å². The van der Waals surface area contributed by atoms with Gasteiger partial charge in [-0.15, -0.1) is 0 Å². The molecule has 4 nitrogen and oxygen atoms in total. The second-order valence-corrected chi connectivity index (χ2v) is 5.38. The molecule has 5 heteroatoms. The van der Waals surface area contributed by atoms with Crippen molar-refractivity contribution < 1.29 is 18.8 Å². The van der Waals surface area contributed by atoms with E-state index in [1.807, 2.05) is 0 Å². The topological polar surface area (TPSA) is 64.3 Å². The first-order valence-corrected chi connectivity index (χ1v) is 6.92. The number of carbonyl (C=O) groups excluding carboxylic acids is 3. The van der Waals surface area contributed by atoms with Crippen LogP contribution in [0.3, 0.4) is 0 Å². The molecule has 0 radical (unpaired) electrons. The lowest BCUT2D eigenvalue weighted by Gasteiger charge is -2.12. The Balaban J connectivity index is 2.20. The molecule has 2 heterocycles. The molecule has 1 aliphatic rings. The Labute approximate surface area is 118 Å². The number of allylic oxidation sites excluding steroid dienone is 2. The van der Waals surface area contributed by atoms with Gasteiger partial charge in [0, 0.05) is 16.5 Å². The Morgan fingerprint density at radius 1 is 1.15 bits per heavy atom. The molecule has 0 unspecified atom stereocenters. The summed E-state index contributed by atoms with van der Waals surface area (Å²) in [4.78, 5) is 36.4. The van der Waals surface area contributed by atoms with Gasteiger partial charge in [0.1, 0.15) is 12.0 Å². The minimum absolute atomic E-state index is 0.0919. The fourth-order valence-corrected chi connectivity index (χ4v) is 2.84. The number of thiophene rings is 1. The van der Waals surface area contributed by atoms with Crippen molar-refractivity contribution in [3.63, 3.8) is 0 Å². The Morgan fingerprint density at radius 2 is 1.90 bits per heavy atom. The summed E-state index contributed by atoms with van der Waals surface area (Å²) < 4.78 is 5.36. The second kappa shape index (κ2) is 4.38. The van der Waals surface area contributed by atoms with Crippen molar-refractivity contribution in [1.29, 1.82) is 0 Å². The van der Waals surface area contributed by atoms with Crippen molar-refractivity contribution in [2.75, 3.05) is 0 Å². The van der Waals surface area contributed by atoms with Gasteiger partial charge >= 0.3 is 0 Å². The van der Waals surface area contributed by atoms with Crippen LogP contribution in [0.4, 0.5) is 0 Å². The lowest BCUT2D eigenvalue weighted by atomic mass is 9.87. The SMILES string of the molecule is CC1=C(C)c2occ(C(=O)c3ccsc3)c2C(=O)C1=O. The molecule has 0 aromatic carbocycles. The highest BCUT2D eigenvalue weighted by atomic mass is 32.1. The van der Waals surface area contributed by atoms with E-state index in [2.05, 4.69) is 0 Å². The summed E-state index contributed by atoms with van der Waals surface area (Å²) >= 11 is 1.39. The first kappa shape index (κ1) is 12.7. The van der Waals surface area contributed by atoms with Crippen molar-refractivity contribution >= 4 is 34.3 Å². The molecule has 2 aromatic heterocycles. The van der Waals surface area contributed by atoms with Crippen molar-refractivity contribution in [3.8, 4) is 0 Å². The van der Waals surface area contributed by atoms with Crippen LogP contribution in [0.1, 0.15) is 45.9 Å². The molecule has 0 aliphatic heterocycles. The zero-order valence-electron chi connectivity index (χ0n) is 10.9. The predicted octanol–water partition coefficient (Wildman–Crippen LogP) is 3.13. The van der Waals surface area contributed by atoms with Crippen molar-refractivity contribution in [2.24, 2.45) is 0 Å². The van der Waals surface area contributed by atoms with Crippen LogP contribution in [0, 0.1) is 0 Å². The number of ketones is 3. The lowest BCUT2D eigenvalue weighted by Crippen LogP contribution is -2.23. The summed E-state index contributed by atoms with van der Waals surface area (Å²) in [5.74, 6) is -1.22. The van der Waals surface area contributed by atoms with Gasteiger partial charge in [0.15, 0.2) is 5.78 Å². The highest BCUT2D eigenvalue weighted by Gasteiger charge is 2.35. The maximum atomic E-state index is 12.3. The average Bonchev–Trinajstić information content (AvgIpc) is 3.10. The van der Waals surface area contributed by atoms with Gasteiger partial charge in [-0.2, -0.15) is 11.3 Å². The summed E-state index contributed by atoms with van der Waals surface area (Å²) in [6, 6.07) is 1.68. The summed E-state index contributed by atoms with van der Waals surface area (Å²) in [6.07, 6.45) is 1.26. The van der Waals surface area contributed by atoms with E-state index < -0.39 is 11.6 Å². The fourth-order valence-electron chi connectivity index (χ4n) is 2.20. The Kier molecular flexibility index (Phi) is 2.79. The van der Waals surface area contributed by atoms with Gasteiger partial charge in [0.2, 0.25) is 11.6 Å². The molecule has 100 valence electrons. The normalized spacial score (nSPS) is 14.7. The van der Waals surface area contributed by atoms with E-state index in [0.717, 1.165) is 0 Å². The van der Waals surface area contributed by atoms with Gasteiger partial charge < -0.3 is 4.42 Å². The molecule has 0 N–H and O–H groups in total. The van der Waals surface area contributed by atoms with E-state index in [0.29, 0.717) is 22.5 Å². The van der Waals surface area contributed by atoms with E-state index in [4.69, 9.17) is 4.42 Å². The molecule has 0 amide bonds. The molecule has 0 atom stereocenters. The van der Waals surface area contributed by atoms with Gasteiger partial charge in [0.25, 0.3) is 0 Å². The van der Waals surface area contributed by atoms with E-state index in [1.54, 1.807) is 30.7 Å². The van der Waals surface area contributed by atoms with Crippen LogP contribution >= 0.6 is 11.3 Å². The molecular weight excluding hydrogens is 276 g/mol. The molecule has 0 saturated heterocycles. The zero-order valence-corrected chi connectivity index (χ0v) is 11.7. The number of fused-ring (bicyclic) bond motifs is 1. The minimum Gasteiger partial charge on any atom is -0.463 e. The summed E-state index contributed by atoms with van der Waals surface area (Å²) in [6.45, 7) is 3.29. The predicted molar refractivity (Wildman–Crippen MR) is 74.1 cm³/mol. The summed E-state index contributed by atoms with van der Waals surface area (Å²) in [7, 11) is 0. The van der Waals surface area contributed by atoms with Gasteiger partial charge in [-0.25, -0.2) is 0 Å². The highest BCUT2D eigenvalue weighted by Crippen LogP contribution is 2.33. The second-order valence-electron chi connectivity index (χ2n) is 4.60. The molecule has 2 aromatic rings. The number of furan rings is 1. The monoisotopic (exact) mass is 286 g/mol. The summed E-state index contributed by atoms with van der Waals surface area (Å²) in [5.41, 5.74) is 1.71. The van der Waals surface area contributed by atoms with E-state index in [9.17, 15) is 14.4 Å². The van der Waals surface area contributed by atoms with Crippen LogP contribution in [0.2, 0.25) is 0 Å². The van der Waals surface area contributed by atoms with Gasteiger partial charge in [-0.3, -0.25) is 14.4 Å². The largest absolute Gasteiger partial charge is 0.463 e. The van der Waals surface area contributed by atoms with Crippen LogP contribution in [-0.2, 0) is 4.79 Å². The van der Waals surface area contributed by atoms with Crippen LogP contribution < -0.4 is 0 Å². The summed E-state index contributed by atoms with van der Waals surface area (Å²) in [5, 5.41) is 3.48. The standard InChI is InChI=1S/C15H10O4S/c1-7-8(2)15-11(14(18)12(7)16)10(5-19-15)13(17)9-3-4-20-6-9/h3-6H,1-2H3. The van der Waals surface area contributed by atoms with Crippen LogP contribution in [0.25, 0.3) is 5.57 Å². The van der Waals surface area contributed by atoms with Gasteiger partial charge in [-0.1, -0.05) is 0 Å². The molecule has 20 heavy (non-hydrogen) atoms. The average molecular weight is 286 g/mol. The van der Waals surface area contributed by atoms with E-state index in [1.165, 1.54) is 17.6 Å². The number of Topliss-reactive ketones (excluding diaryl/α,β-unsaturated/α-hetero) is 2. The molecule has 0 fully saturated rings. The third-order valence-corrected chi connectivity index (χ3v) is 4.18. The first-order chi connectivity index (χ1) is 9.52. The van der Waals surface area contributed by atoms with Crippen molar-refractivity contribution in [2.45, 2.75) is 13.8 Å². The third kappa shape index (κ3) is 1.63. The number of carbonyl (C=O) groups is 3. The minimum atomic E-state index is -0.671. The lowest BCUT2D eigenvalue weighted by molar-refractivity contribution is -0.111. The first-order valence-electron chi connectivity index (χ1n) is 5.97. The maximum Gasteiger partial charge on any atom is 0.237 e. The van der Waals surface area contributed by atoms with Crippen molar-refractivity contribution in [3.05, 3.63) is 51.1 Å². The molecule has 0 bridgehead atoms. The Hall–Kier alpha value is -2.27. The number of hydrogen-bond acceptors (Lipinski definition) is 5. The number of rotatable bonds is 2. The molecular formula is C15H10O4S. The van der Waals surface area contributed by atoms with Crippen LogP contribution in [0.15, 0.2) is 33.1 Å². The molecule has 0 spiro atoms. The van der Waals surface area contributed by atoms with Gasteiger partial charge in [-0.05, 0) is 30.9 Å². The highest BCUT2D eigenvalue weighted by molar-refractivity contribution is 7.08. The Morgan fingerprint density at radius 3 is 2.55 bits per heavy atom. The van der Waals surface area contributed by atoms with E-state index >= 15 is 0 Å².